The number of benzene rings is 1. The number of nitrogens with zero attached hydrogens (tertiary/aromatic N) is 1. The van der Waals surface area contributed by atoms with Crippen molar-refractivity contribution in [1.29, 1.82) is 0 Å². The smallest absolute Gasteiger partial charge is 0.244 e. The molecule has 0 aliphatic heterocycles. The summed E-state index contributed by atoms with van der Waals surface area (Å²) < 4.78 is 0. The zero-order valence-electron chi connectivity index (χ0n) is 15.1. The Bertz CT molecular complexity index is 543. The number of nitrogens with one attached hydrogen (secondary N) is 1. The third-order valence-corrected chi connectivity index (χ3v) is 4.89. The molecule has 1 fully saturated rings. The summed E-state index contributed by atoms with van der Waals surface area (Å²) >= 11 is 0. The zero-order valence-corrected chi connectivity index (χ0v) is 15.9. The van der Waals surface area contributed by atoms with Gasteiger partial charge in [-0.2, -0.15) is 0 Å². The molecule has 0 heterocycles. The van der Waals surface area contributed by atoms with Crippen molar-refractivity contribution in [2.24, 2.45) is 17.6 Å². The number of hydrogen-bond acceptors (Lipinski definition) is 3. The van der Waals surface area contributed by atoms with Crippen molar-refractivity contribution in [2.45, 2.75) is 38.1 Å². The second-order valence-electron chi connectivity index (χ2n) is 6.94. The third-order valence-electron chi connectivity index (χ3n) is 4.89. The van der Waals surface area contributed by atoms with Gasteiger partial charge in [-0.05, 0) is 43.7 Å². The van der Waals surface area contributed by atoms with E-state index in [0.29, 0.717) is 18.9 Å². The van der Waals surface area contributed by atoms with Crippen LogP contribution in [0, 0.1) is 11.8 Å². The Morgan fingerprint density at radius 2 is 1.76 bits per heavy atom. The molecule has 0 unspecified atom stereocenters. The number of hydrogen-bond donors (Lipinski definition) is 2. The van der Waals surface area contributed by atoms with Gasteiger partial charge in [0.05, 0.1) is 0 Å². The van der Waals surface area contributed by atoms with Gasteiger partial charge in [0.1, 0.15) is 6.04 Å². The van der Waals surface area contributed by atoms with Gasteiger partial charge in [0, 0.05) is 26.4 Å². The lowest BCUT2D eigenvalue weighted by atomic mass is 9.81. The van der Waals surface area contributed by atoms with Crippen LogP contribution in [0.2, 0.25) is 0 Å². The molecule has 0 bridgehead atoms. The molecule has 1 atom stereocenters. The van der Waals surface area contributed by atoms with Gasteiger partial charge < -0.3 is 16.0 Å². The highest BCUT2D eigenvalue weighted by Crippen LogP contribution is 2.28. The zero-order chi connectivity index (χ0) is 17.5. The molecule has 1 aromatic carbocycles. The monoisotopic (exact) mass is 367 g/mol. The lowest BCUT2D eigenvalue weighted by molar-refractivity contribution is -0.136. The molecule has 140 valence electrons. The summed E-state index contributed by atoms with van der Waals surface area (Å²) in [6, 6.07) is 9.29. The number of halogens is 1. The quantitative estimate of drug-likeness (QED) is 0.807. The molecule has 5 nitrogen and oxygen atoms in total. The largest absolute Gasteiger partial charge is 0.347 e. The summed E-state index contributed by atoms with van der Waals surface area (Å²) in [4.78, 5) is 26.6. The summed E-state index contributed by atoms with van der Waals surface area (Å²) in [5.41, 5.74) is 6.76. The van der Waals surface area contributed by atoms with E-state index in [1.807, 2.05) is 30.3 Å². The minimum atomic E-state index is -0.512. The van der Waals surface area contributed by atoms with E-state index in [2.05, 4.69) is 5.32 Å². The van der Waals surface area contributed by atoms with Crippen molar-refractivity contribution in [2.75, 3.05) is 20.6 Å². The number of likely N-dealkylation sites (N-methyl/N-ethyl adjacent to an activating group) is 1. The van der Waals surface area contributed by atoms with Crippen LogP contribution in [-0.2, 0) is 16.0 Å². The molecule has 1 aliphatic rings. The summed E-state index contributed by atoms with van der Waals surface area (Å²) in [6.45, 7) is 0.698. The van der Waals surface area contributed by atoms with Crippen LogP contribution in [0.5, 0.6) is 0 Å². The number of rotatable bonds is 6. The predicted octanol–water partition coefficient (Wildman–Crippen LogP) is 1.99. The highest BCUT2D eigenvalue weighted by atomic mass is 35.5. The van der Waals surface area contributed by atoms with E-state index < -0.39 is 6.04 Å². The van der Waals surface area contributed by atoms with Crippen LogP contribution in [-0.4, -0.2) is 43.4 Å². The molecule has 1 aliphatic carbocycles. The van der Waals surface area contributed by atoms with Crippen molar-refractivity contribution < 1.29 is 9.59 Å². The molecule has 0 aromatic heterocycles. The van der Waals surface area contributed by atoms with Gasteiger partial charge in [0.15, 0.2) is 0 Å². The molecular weight excluding hydrogens is 338 g/mol. The molecule has 3 N–H and O–H groups in total. The maximum absolute atomic E-state index is 12.6. The molecular formula is C19H30ClN3O2. The number of nitrogens with two attached hydrogens (primary N) is 1. The van der Waals surface area contributed by atoms with Gasteiger partial charge >= 0.3 is 0 Å². The Balaban J connectivity index is 0.00000312. The molecule has 0 spiro atoms. The predicted molar refractivity (Wildman–Crippen MR) is 103 cm³/mol. The van der Waals surface area contributed by atoms with Crippen LogP contribution in [0.3, 0.4) is 0 Å². The summed E-state index contributed by atoms with van der Waals surface area (Å²) in [6.07, 6.45) is 4.24. The van der Waals surface area contributed by atoms with Crippen LogP contribution in [0.4, 0.5) is 0 Å². The Morgan fingerprint density at radius 1 is 1.16 bits per heavy atom. The number of amides is 2. The fourth-order valence-electron chi connectivity index (χ4n) is 3.31. The first-order valence-electron chi connectivity index (χ1n) is 8.76. The first kappa shape index (κ1) is 21.5. The van der Waals surface area contributed by atoms with E-state index in [-0.39, 0.29) is 30.1 Å². The molecule has 6 heteroatoms. The van der Waals surface area contributed by atoms with Gasteiger partial charge in [0.25, 0.3) is 0 Å². The summed E-state index contributed by atoms with van der Waals surface area (Å²) in [5.74, 6) is 0.475. The van der Waals surface area contributed by atoms with Crippen molar-refractivity contribution in [3.63, 3.8) is 0 Å². The van der Waals surface area contributed by atoms with Crippen LogP contribution in [0.15, 0.2) is 30.3 Å². The van der Waals surface area contributed by atoms with Gasteiger partial charge in [-0.25, -0.2) is 0 Å². The molecule has 0 saturated heterocycles. The van der Waals surface area contributed by atoms with Crippen LogP contribution < -0.4 is 11.1 Å². The minimum absolute atomic E-state index is 0. The second kappa shape index (κ2) is 10.4. The van der Waals surface area contributed by atoms with Crippen LogP contribution in [0.25, 0.3) is 0 Å². The van der Waals surface area contributed by atoms with Gasteiger partial charge in [0.2, 0.25) is 11.8 Å². The Morgan fingerprint density at radius 3 is 2.28 bits per heavy atom. The summed E-state index contributed by atoms with van der Waals surface area (Å²) in [7, 11) is 3.44. The van der Waals surface area contributed by atoms with E-state index in [1.54, 1.807) is 19.0 Å². The van der Waals surface area contributed by atoms with E-state index >= 15 is 0 Å². The van der Waals surface area contributed by atoms with E-state index in [0.717, 1.165) is 31.2 Å². The van der Waals surface area contributed by atoms with E-state index in [9.17, 15) is 9.59 Å². The van der Waals surface area contributed by atoms with Crippen molar-refractivity contribution in [3.8, 4) is 0 Å². The maximum atomic E-state index is 12.6. The van der Waals surface area contributed by atoms with Crippen molar-refractivity contribution in [1.82, 2.24) is 10.2 Å². The lowest BCUT2D eigenvalue weighted by Gasteiger charge is -2.29. The molecule has 2 amide bonds. The second-order valence-corrected chi connectivity index (χ2v) is 6.94. The minimum Gasteiger partial charge on any atom is -0.347 e. The topological polar surface area (TPSA) is 75.4 Å². The highest BCUT2D eigenvalue weighted by molar-refractivity contribution is 5.88. The number of carbonyl (C=O) groups is 2. The average Bonchev–Trinajstić information content (AvgIpc) is 2.61. The Hall–Kier alpha value is -1.59. The van der Waals surface area contributed by atoms with Crippen molar-refractivity contribution in [3.05, 3.63) is 35.9 Å². The average molecular weight is 368 g/mol. The number of carbonyl (C=O) groups excluding carboxylic acids is 2. The van der Waals surface area contributed by atoms with Gasteiger partial charge in [-0.15, -0.1) is 12.4 Å². The van der Waals surface area contributed by atoms with E-state index in [4.69, 9.17) is 5.73 Å². The normalized spacial score (nSPS) is 20.9. The highest BCUT2D eigenvalue weighted by Gasteiger charge is 2.29. The fraction of sp³-hybridized carbons (Fsp3) is 0.579. The van der Waals surface area contributed by atoms with E-state index in [1.165, 1.54) is 0 Å². The third kappa shape index (κ3) is 6.33. The van der Waals surface area contributed by atoms with Gasteiger partial charge in [-0.1, -0.05) is 30.3 Å². The lowest BCUT2D eigenvalue weighted by Crippen LogP contribution is -2.49. The van der Waals surface area contributed by atoms with Crippen LogP contribution in [0.1, 0.15) is 31.2 Å². The van der Waals surface area contributed by atoms with Crippen LogP contribution >= 0.6 is 12.4 Å². The first-order valence-corrected chi connectivity index (χ1v) is 8.76. The molecule has 2 rings (SSSR count). The molecule has 0 radical (unpaired) electrons. The maximum Gasteiger partial charge on any atom is 0.244 e. The Kier molecular flexibility index (Phi) is 8.93. The SMILES string of the molecule is CN(C)C(=O)[C@H](Cc1ccccc1)NC(=O)C1CCC(CN)CC1.Cl. The van der Waals surface area contributed by atoms with Crippen molar-refractivity contribution >= 4 is 24.2 Å². The molecule has 25 heavy (non-hydrogen) atoms. The van der Waals surface area contributed by atoms with Gasteiger partial charge in [-0.3, -0.25) is 9.59 Å². The first-order chi connectivity index (χ1) is 11.5. The Labute approximate surface area is 156 Å². The molecule has 1 aromatic rings. The standard InChI is InChI=1S/C19H29N3O2.ClH/c1-22(2)19(24)17(12-14-6-4-3-5-7-14)21-18(23)16-10-8-15(13-20)9-11-16;/h3-7,15-17H,8-13,20H2,1-2H3,(H,21,23);1H/t15?,16?,17-;/m0./s1. The summed E-state index contributed by atoms with van der Waals surface area (Å²) in [5, 5.41) is 2.99. The fourth-order valence-corrected chi connectivity index (χ4v) is 3.31. The molecule has 1 saturated carbocycles.